The molecule has 2 amide bonds. The SMILES string of the molecule is O=C(NC(C(=O)Nc1c(F)cccc1C(=O)O)C1CC1)OCC1c2ccccc2-c2ccccc21. The number of carbonyl (C=O) groups is 3. The molecule has 1 atom stereocenters. The number of para-hydroxylation sites is 1. The van der Waals surface area contributed by atoms with Crippen LogP contribution in [0.15, 0.2) is 66.7 Å². The van der Waals surface area contributed by atoms with Crippen molar-refractivity contribution in [2.24, 2.45) is 5.92 Å². The number of fused-ring (bicyclic) bond motifs is 3. The van der Waals surface area contributed by atoms with Gasteiger partial charge in [-0.05, 0) is 53.1 Å². The lowest BCUT2D eigenvalue weighted by atomic mass is 9.98. The average molecular weight is 474 g/mol. The van der Waals surface area contributed by atoms with Gasteiger partial charge in [-0.25, -0.2) is 14.0 Å². The molecule has 3 N–H and O–H groups in total. The molecule has 2 aliphatic rings. The zero-order chi connectivity index (χ0) is 24.5. The van der Waals surface area contributed by atoms with E-state index in [0.29, 0.717) is 12.8 Å². The number of carboxylic acid groups (broad SMARTS) is 1. The first kappa shape index (κ1) is 22.6. The normalized spacial score (nSPS) is 15.0. The van der Waals surface area contributed by atoms with Crippen molar-refractivity contribution >= 4 is 23.7 Å². The van der Waals surface area contributed by atoms with Gasteiger partial charge in [0.1, 0.15) is 18.5 Å². The van der Waals surface area contributed by atoms with Gasteiger partial charge in [0.2, 0.25) is 5.91 Å². The predicted octanol–water partition coefficient (Wildman–Crippen LogP) is 4.78. The number of halogens is 1. The Bertz CT molecular complexity index is 1270. The standard InChI is InChI=1S/C27H23FN2O5/c28-22-11-5-10-20(26(32)33)24(22)29-25(31)23(15-12-13-15)30-27(34)35-14-21-18-8-3-1-6-16(18)17-7-2-4-9-19(17)21/h1-11,15,21,23H,12-14H2,(H,29,31)(H,30,34)(H,32,33). The molecule has 35 heavy (non-hydrogen) atoms. The Kier molecular flexibility index (Phi) is 5.94. The van der Waals surface area contributed by atoms with Crippen molar-refractivity contribution in [1.82, 2.24) is 5.32 Å². The van der Waals surface area contributed by atoms with Crippen molar-refractivity contribution in [3.8, 4) is 11.1 Å². The number of nitrogens with one attached hydrogen (secondary N) is 2. The molecule has 5 rings (SSSR count). The highest BCUT2D eigenvalue weighted by molar-refractivity contribution is 6.03. The molecule has 0 heterocycles. The molecule has 0 aliphatic heterocycles. The van der Waals surface area contributed by atoms with E-state index in [9.17, 15) is 23.9 Å². The van der Waals surface area contributed by atoms with Gasteiger partial charge in [0, 0.05) is 5.92 Å². The molecule has 0 saturated heterocycles. The summed E-state index contributed by atoms with van der Waals surface area (Å²) in [6, 6.07) is 18.5. The minimum absolute atomic E-state index is 0.0926. The summed E-state index contributed by atoms with van der Waals surface area (Å²) in [5, 5.41) is 14.3. The van der Waals surface area contributed by atoms with Crippen molar-refractivity contribution in [3.05, 3.63) is 89.2 Å². The quantitative estimate of drug-likeness (QED) is 0.457. The monoisotopic (exact) mass is 474 g/mol. The fourth-order valence-corrected chi connectivity index (χ4v) is 4.62. The minimum Gasteiger partial charge on any atom is -0.478 e. The van der Waals surface area contributed by atoms with Crippen molar-refractivity contribution in [1.29, 1.82) is 0 Å². The summed E-state index contributed by atoms with van der Waals surface area (Å²) in [5.41, 5.74) is 3.55. The summed E-state index contributed by atoms with van der Waals surface area (Å²) < 4.78 is 19.8. The topological polar surface area (TPSA) is 105 Å². The van der Waals surface area contributed by atoms with Crippen LogP contribution in [0.1, 0.15) is 40.2 Å². The van der Waals surface area contributed by atoms with E-state index in [1.54, 1.807) is 0 Å². The van der Waals surface area contributed by atoms with Crippen LogP contribution in [0.3, 0.4) is 0 Å². The summed E-state index contributed by atoms with van der Waals surface area (Å²) in [6.07, 6.45) is 0.668. The maximum absolute atomic E-state index is 14.3. The third-order valence-electron chi connectivity index (χ3n) is 6.49. The molecule has 1 fully saturated rings. The predicted molar refractivity (Wildman–Crippen MR) is 127 cm³/mol. The van der Waals surface area contributed by atoms with E-state index in [1.807, 2.05) is 48.5 Å². The molecule has 3 aromatic carbocycles. The molecule has 7 nitrogen and oxygen atoms in total. The van der Waals surface area contributed by atoms with Gasteiger partial charge in [-0.2, -0.15) is 0 Å². The molecule has 0 bridgehead atoms. The number of hydrogen-bond donors (Lipinski definition) is 3. The van der Waals surface area contributed by atoms with E-state index >= 15 is 0 Å². The second-order valence-corrected chi connectivity index (χ2v) is 8.74. The third kappa shape index (κ3) is 4.47. The molecule has 3 aromatic rings. The Labute approximate surface area is 200 Å². The molecule has 1 saturated carbocycles. The molecule has 8 heteroatoms. The second-order valence-electron chi connectivity index (χ2n) is 8.74. The van der Waals surface area contributed by atoms with Crippen molar-refractivity contribution in [3.63, 3.8) is 0 Å². The fraction of sp³-hybridized carbons (Fsp3) is 0.222. The van der Waals surface area contributed by atoms with Gasteiger partial charge < -0.3 is 20.5 Å². The summed E-state index contributed by atoms with van der Waals surface area (Å²) in [6.45, 7) is 0.0926. The number of hydrogen-bond acceptors (Lipinski definition) is 4. The van der Waals surface area contributed by atoms with Gasteiger partial charge in [-0.15, -0.1) is 0 Å². The summed E-state index contributed by atoms with van der Waals surface area (Å²) in [5.74, 6) is -3.18. The van der Waals surface area contributed by atoms with Crippen molar-refractivity contribution < 1.29 is 28.6 Å². The first-order valence-electron chi connectivity index (χ1n) is 11.4. The van der Waals surface area contributed by atoms with Crippen LogP contribution in [0.4, 0.5) is 14.9 Å². The highest BCUT2D eigenvalue weighted by Crippen LogP contribution is 2.44. The molecule has 1 unspecified atom stereocenters. The Hall–Kier alpha value is -4.20. The van der Waals surface area contributed by atoms with Gasteiger partial charge >= 0.3 is 12.1 Å². The number of anilines is 1. The van der Waals surface area contributed by atoms with Gasteiger partial charge in [0.25, 0.3) is 0 Å². The molecule has 0 spiro atoms. The zero-order valence-corrected chi connectivity index (χ0v) is 18.7. The largest absolute Gasteiger partial charge is 0.478 e. The van der Waals surface area contributed by atoms with E-state index in [-0.39, 0.29) is 24.0 Å². The molecule has 2 aliphatic carbocycles. The number of amides is 2. The van der Waals surface area contributed by atoms with Gasteiger partial charge in [-0.1, -0.05) is 54.6 Å². The molecular formula is C27H23FN2O5. The molecule has 0 radical (unpaired) electrons. The van der Waals surface area contributed by atoms with Crippen LogP contribution in [0.5, 0.6) is 0 Å². The summed E-state index contributed by atoms with van der Waals surface area (Å²) in [7, 11) is 0. The first-order valence-corrected chi connectivity index (χ1v) is 11.4. The van der Waals surface area contributed by atoms with Crippen molar-refractivity contribution in [2.75, 3.05) is 11.9 Å². The summed E-state index contributed by atoms with van der Waals surface area (Å²) >= 11 is 0. The van der Waals surface area contributed by atoms with E-state index in [4.69, 9.17) is 4.74 Å². The Balaban J connectivity index is 1.27. The van der Waals surface area contributed by atoms with E-state index in [1.165, 1.54) is 12.1 Å². The summed E-state index contributed by atoms with van der Waals surface area (Å²) in [4.78, 5) is 37.0. The van der Waals surface area contributed by atoms with Gasteiger partial charge in [-0.3, -0.25) is 4.79 Å². The number of carbonyl (C=O) groups excluding carboxylic acids is 2. The third-order valence-corrected chi connectivity index (χ3v) is 6.49. The van der Waals surface area contributed by atoms with Crippen LogP contribution < -0.4 is 10.6 Å². The number of carboxylic acids is 1. The minimum atomic E-state index is -1.37. The van der Waals surface area contributed by atoms with E-state index in [2.05, 4.69) is 10.6 Å². The van der Waals surface area contributed by atoms with Crippen LogP contribution in [0, 0.1) is 11.7 Å². The number of ether oxygens (including phenoxy) is 1. The van der Waals surface area contributed by atoms with Crippen LogP contribution in [0.25, 0.3) is 11.1 Å². The molecular weight excluding hydrogens is 451 g/mol. The van der Waals surface area contributed by atoms with Gasteiger partial charge in [0.15, 0.2) is 0 Å². The first-order chi connectivity index (χ1) is 16.9. The van der Waals surface area contributed by atoms with E-state index in [0.717, 1.165) is 28.3 Å². The lowest BCUT2D eigenvalue weighted by Gasteiger charge is -2.20. The lowest BCUT2D eigenvalue weighted by Crippen LogP contribution is -2.46. The fourth-order valence-electron chi connectivity index (χ4n) is 4.62. The molecule has 0 aromatic heterocycles. The van der Waals surface area contributed by atoms with Crippen LogP contribution in [-0.4, -0.2) is 35.7 Å². The van der Waals surface area contributed by atoms with Crippen LogP contribution in [-0.2, 0) is 9.53 Å². The van der Waals surface area contributed by atoms with Crippen molar-refractivity contribution in [2.45, 2.75) is 24.8 Å². The maximum Gasteiger partial charge on any atom is 0.407 e. The Morgan fingerprint density at radius 1 is 0.943 bits per heavy atom. The zero-order valence-electron chi connectivity index (χ0n) is 18.7. The number of alkyl carbamates (subject to hydrolysis) is 1. The average Bonchev–Trinajstić information content (AvgIpc) is 3.64. The maximum atomic E-state index is 14.3. The Morgan fingerprint density at radius 3 is 2.17 bits per heavy atom. The number of rotatable bonds is 7. The highest BCUT2D eigenvalue weighted by Gasteiger charge is 2.39. The number of aromatic carboxylic acids is 1. The van der Waals surface area contributed by atoms with Gasteiger partial charge in [0.05, 0.1) is 11.3 Å². The smallest absolute Gasteiger partial charge is 0.407 e. The molecule has 178 valence electrons. The lowest BCUT2D eigenvalue weighted by molar-refractivity contribution is -0.118. The Morgan fingerprint density at radius 2 is 1.57 bits per heavy atom. The highest BCUT2D eigenvalue weighted by atomic mass is 19.1. The van der Waals surface area contributed by atoms with E-state index < -0.39 is 35.5 Å². The van der Waals surface area contributed by atoms with Crippen LogP contribution in [0.2, 0.25) is 0 Å². The van der Waals surface area contributed by atoms with Crippen LogP contribution >= 0.6 is 0 Å². The second kappa shape index (κ2) is 9.21. The number of benzene rings is 3.